The van der Waals surface area contributed by atoms with E-state index in [1.165, 1.54) is 22.2 Å². The Morgan fingerprint density at radius 3 is 2.78 bits per heavy atom. The maximum atomic E-state index is 5.38. The second-order valence-electron chi connectivity index (χ2n) is 6.28. The van der Waals surface area contributed by atoms with Crippen molar-refractivity contribution in [2.45, 2.75) is 37.2 Å². The number of tetrazole rings is 1. The van der Waals surface area contributed by atoms with Crippen LogP contribution in [0.5, 0.6) is 0 Å². The monoisotopic (exact) mass is 398 g/mol. The molecular weight excluding hydrogens is 380 g/mol. The van der Waals surface area contributed by atoms with Gasteiger partial charge < -0.3 is 4.52 Å². The number of aromatic nitrogens is 6. The zero-order valence-electron chi connectivity index (χ0n) is 14.9. The summed E-state index contributed by atoms with van der Waals surface area (Å²) < 4.78 is 7.16. The van der Waals surface area contributed by atoms with Gasteiger partial charge in [-0.3, -0.25) is 0 Å². The van der Waals surface area contributed by atoms with E-state index >= 15 is 0 Å². The highest BCUT2D eigenvalue weighted by Crippen LogP contribution is 2.24. The average molecular weight is 399 g/mol. The van der Waals surface area contributed by atoms with Crippen molar-refractivity contribution in [3.8, 4) is 11.4 Å². The van der Waals surface area contributed by atoms with Gasteiger partial charge in [0, 0.05) is 10.4 Å². The maximum Gasteiger partial charge on any atom is 0.237 e. The number of hydrogen-bond acceptors (Lipinski definition) is 8. The van der Waals surface area contributed by atoms with Crippen LogP contribution in [0.1, 0.15) is 36.1 Å². The smallest absolute Gasteiger partial charge is 0.237 e. The molecule has 7 nitrogen and oxygen atoms in total. The molecule has 138 valence electrons. The molecule has 4 rings (SSSR count). The molecule has 4 aromatic rings. The van der Waals surface area contributed by atoms with Gasteiger partial charge in [-0.05, 0) is 33.4 Å². The third-order valence-electron chi connectivity index (χ3n) is 4.01. The average Bonchev–Trinajstić information content (AvgIpc) is 3.43. The van der Waals surface area contributed by atoms with Crippen LogP contribution in [-0.4, -0.2) is 30.3 Å². The summed E-state index contributed by atoms with van der Waals surface area (Å²) in [6.07, 6.45) is 0. The van der Waals surface area contributed by atoms with E-state index in [4.69, 9.17) is 4.52 Å². The first-order valence-electron chi connectivity index (χ1n) is 8.53. The van der Waals surface area contributed by atoms with E-state index in [0.717, 1.165) is 10.7 Å². The first kappa shape index (κ1) is 17.9. The lowest BCUT2D eigenvalue weighted by Crippen LogP contribution is -2.02. The van der Waals surface area contributed by atoms with Gasteiger partial charge in [0.15, 0.2) is 0 Å². The van der Waals surface area contributed by atoms with E-state index in [1.54, 1.807) is 16.0 Å². The Labute approximate surface area is 164 Å². The van der Waals surface area contributed by atoms with Crippen molar-refractivity contribution in [2.24, 2.45) is 0 Å². The van der Waals surface area contributed by atoms with Gasteiger partial charge in [-0.1, -0.05) is 61.1 Å². The van der Waals surface area contributed by atoms with Crippen molar-refractivity contribution in [3.05, 3.63) is 58.1 Å². The second-order valence-corrected chi connectivity index (χ2v) is 8.25. The molecule has 0 amide bonds. The molecule has 0 aliphatic heterocycles. The number of thioether (sulfide) groups is 1. The lowest BCUT2D eigenvalue weighted by molar-refractivity contribution is 0.391. The van der Waals surface area contributed by atoms with Crippen molar-refractivity contribution in [3.63, 3.8) is 0 Å². The topological polar surface area (TPSA) is 82.5 Å². The van der Waals surface area contributed by atoms with Crippen LogP contribution >= 0.6 is 23.1 Å². The van der Waals surface area contributed by atoms with E-state index in [9.17, 15) is 0 Å². The van der Waals surface area contributed by atoms with Crippen molar-refractivity contribution in [1.82, 2.24) is 30.3 Å². The Hall–Kier alpha value is -2.52. The molecule has 0 saturated carbocycles. The minimum Gasteiger partial charge on any atom is -0.338 e. The van der Waals surface area contributed by atoms with Crippen LogP contribution < -0.4 is 0 Å². The molecule has 0 bridgehead atoms. The van der Waals surface area contributed by atoms with Crippen molar-refractivity contribution >= 4 is 23.1 Å². The molecule has 9 heteroatoms. The largest absolute Gasteiger partial charge is 0.338 e. The third kappa shape index (κ3) is 4.25. The first-order valence-corrected chi connectivity index (χ1v) is 10.4. The van der Waals surface area contributed by atoms with Crippen LogP contribution in [-0.2, 0) is 12.3 Å². The molecule has 27 heavy (non-hydrogen) atoms. The van der Waals surface area contributed by atoms with Gasteiger partial charge in [0.1, 0.15) is 0 Å². The van der Waals surface area contributed by atoms with Gasteiger partial charge in [-0.2, -0.15) is 4.98 Å². The summed E-state index contributed by atoms with van der Waals surface area (Å²) in [5.41, 5.74) is 2.23. The molecule has 0 unspecified atom stereocenters. The highest BCUT2D eigenvalue weighted by molar-refractivity contribution is 7.98. The van der Waals surface area contributed by atoms with Crippen molar-refractivity contribution in [1.29, 1.82) is 0 Å². The summed E-state index contributed by atoms with van der Waals surface area (Å²) in [6.45, 7) is 5.00. The molecule has 0 atom stereocenters. The molecule has 0 fully saturated rings. The van der Waals surface area contributed by atoms with E-state index < -0.39 is 0 Å². The Bertz CT molecular complexity index is 991. The zero-order valence-corrected chi connectivity index (χ0v) is 16.6. The van der Waals surface area contributed by atoms with Crippen LogP contribution in [0.3, 0.4) is 0 Å². The summed E-state index contributed by atoms with van der Waals surface area (Å²) in [7, 11) is 0. The highest BCUT2D eigenvalue weighted by atomic mass is 32.2. The molecule has 0 radical (unpaired) electrons. The molecule has 0 aliphatic rings. The number of nitrogens with zero attached hydrogens (tertiary/aromatic N) is 6. The van der Waals surface area contributed by atoms with Gasteiger partial charge in [0.05, 0.1) is 12.3 Å². The van der Waals surface area contributed by atoms with Gasteiger partial charge in [0.2, 0.25) is 16.9 Å². The Morgan fingerprint density at radius 1 is 1.19 bits per heavy atom. The normalized spacial score (nSPS) is 11.4. The van der Waals surface area contributed by atoms with Crippen LogP contribution in [0, 0.1) is 0 Å². The quantitative estimate of drug-likeness (QED) is 0.430. The lowest BCUT2D eigenvalue weighted by Gasteiger charge is -2.04. The Balaban J connectivity index is 1.41. The molecule has 1 aromatic carbocycles. The predicted octanol–water partition coefficient (Wildman–Crippen LogP) is 4.25. The fourth-order valence-corrected chi connectivity index (χ4v) is 3.92. The van der Waals surface area contributed by atoms with E-state index in [-0.39, 0.29) is 0 Å². The van der Waals surface area contributed by atoms with Crippen LogP contribution in [0.25, 0.3) is 11.4 Å². The fraction of sp³-hybridized carbons (Fsp3) is 0.278. The van der Waals surface area contributed by atoms with Crippen molar-refractivity contribution < 1.29 is 4.52 Å². The third-order valence-corrected chi connectivity index (χ3v) is 5.82. The second kappa shape index (κ2) is 8.01. The van der Waals surface area contributed by atoms with Crippen LogP contribution in [0.15, 0.2) is 51.5 Å². The molecule has 3 aromatic heterocycles. The number of thiophene rings is 1. The van der Waals surface area contributed by atoms with Crippen LogP contribution in [0.2, 0.25) is 0 Å². The standard InChI is InChI=1S/C18H18N6OS2/c1-12(2)13-5-7-14(8-6-13)17-19-16(25-21-17)11-27-18-20-22-23-24(18)10-15-4-3-9-26-15/h3-9,12H,10-11H2,1-2H3. The van der Waals surface area contributed by atoms with E-state index in [0.29, 0.717) is 29.9 Å². The molecule has 3 heterocycles. The van der Waals surface area contributed by atoms with Gasteiger partial charge >= 0.3 is 0 Å². The molecule has 0 saturated heterocycles. The summed E-state index contributed by atoms with van der Waals surface area (Å²) in [4.78, 5) is 5.69. The van der Waals surface area contributed by atoms with Crippen molar-refractivity contribution in [2.75, 3.05) is 0 Å². The summed E-state index contributed by atoms with van der Waals surface area (Å²) in [6, 6.07) is 12.3. The SMILES string of the molecule is CC(C)c1ccc(-c2noc(CSc3nnnn3Cc3cccs3)n2)cc1. The minimum absolute atomic E-state index is 0.497. The van der Waals surface area contributed by atoms with E-state index in [1.807, 2.05) is 23.6 Å². The Morgan fingerprint density at radius 2 is 2.04 bits per heavy atom. The molecule has 0 N–H and O–H groups in total. The lowest BCUT2D eigenvalue weighted by atomic mass is 10.0. The zero-order chi connectivity index (χ0) is 18.6. The predicted molar refractivity (Wildman–Crippen MR) is 105 cm³/mol. The molecule has 0 aliphatic carbocycles. The number of rotatable bonds is 7. The molecular formula is C18H18N6OS2. The molecule has 0 spiro atoms. The first-order chi connectivity index (χ1) is 13.2. The number of hydrogen-bond donors (Lipinski definition) is 0. The van der Waals surface area contributed by atoms with Crippen LogP contribution in [0.4, 0.5) is 0 Å². The summed E-state index contributed by atoms with van der Waals surface area (Å²) in [5.74, 6) is 2.16. The fourth-order valence-electron chi connectivity index (χ4n) is 2.52. The minimum atomic E-state index is 0.497. The van der Waals surface area contributed by atoms with Gasteiger partial charge in [0.25, 0.3) is 0 Å². The summed E-state index contributed by atoms with van der Waals surface area (Å²) >= 11 is 3.16. The highest BCUT2D eigenvalue weighted by Gasteiger charge is 2.13. The van der Waals surface area contributed by atoms with Gasteiger partial charge in [-0.25, -0.2) is 4.68 Å². The van der Waals surface area contributed by atoms with E-state index in [2.05, 4.69) is 57.7 Å². The van der Waals surface area contributed by atoms with Gasteiger partial charge in [-0.15, -0.1) is 16.4 Å². The summed E-state index contributed by atoms with van der Waals surface area (Å²) in [5, 5.41) is 18.8. The number of benzene rings is 1. The maximum absolute atomic E-state index is 5.38. The Kier molecular flexibility index (Phi) is 5.30.